The molecule has 4 rings (SSSR count). The first-order valence-electron chi connectivity index (χ1n) is 16.4. The Bertz CT molecular complexity index is 1330. The highest BCUT2D eigenvalue weighted by molar-refractivity contribution is 6.77. The molecule has 1 aliphatic carbocycles. The van der Waals surface area contributed by atoms with Crippen LogP contribution in [0.15, 0.2) is 36.4 Å². The van der Waals surface area contributed by atoms with Crippen molar-refractivity contribution in [1.29, 1.82) is 0 Å². The van der Waals surface area contributed by atoms with Gasteiger partial charge in [-0.25, -0.2) is 0 Å². The molecule has 1 aliphatic heterocycles. The molecule has 2 fully saturated rings. The van der Waals surface area contributed by atoms with Crippen molar-refractivity contribution in [3.63, 3.8) is 0 Å². The molecule has 0 unspecified atom stereocenters. The molecule has 246 valence electrons. The number of hydrogen-bond acceptors (Lipinski definition) is 4. The van der Waals surface area contributed by atoms with Gasteiger partial charge in [0.05, 0.1) is 6.54 Å². The van der Waals surface area contributed by atoms with Gasteiger partial charge in [-0.3, -0.25) is 14.4 Å². The fraction of sp³-hybridized carbons (Fsp3) is 0.571. The first kappa shape index (κ1) is 35.5. The van der Waals surface area contributed by atoms with Crippen LogP contribution in [-0.2, 0) is 20.4 Å². The summed E-state index contributed by atoms with van der Waals surface area (Å²) in [6, 6.07) is 10.9. The molecule has 0 spiro atoms. The summed E-state index contributed by atoms with van der Waals surface area (Å²) in [6.07, 6.45) is 5.60. The summed E-state index contributed by atoms with van der Waals surface area (Å²) < 4.78 is 7.08. The summed E-state index contributed by atoms with van der Waals surface area (Å²) in [5.41, 5.74) is 9.66. The highest BCUT2D eigenvalue weighted by Crippen LogP contribution is 2.45. The van der Waals surface area contributed by atoms with E-state index in [0.717, 1.165) is 55.3 Å². The van der Waals surface area contributed by atoms with Crippen LogP contribution in [0.4, 0.5) is 0 Å². The highest BCUT2D eigenvalue weighted by atomic mass is 35.5. The maximum atomic E-state index is 13.6. The standard InChI is InChI=1S/C35H49Cl2N3O4Si/c1-21(2)45(22(3)4,23(5)6)44-29-13-11-28(12-14-29)40-16-15-26(35(40)43)17-30-31(36)18-27(19-32(30)37)24-7-9-25(10-8-24)34(42)39-20-33(38)41/h7-10,18-19,21-23,26,28-29H,11-17,20H2,1-6H3,(H2,38,41)(H,39,42)/t26-,28-,29-/m0/s1. The quantitative estimate of drug-likeness (QED) is 0.225. The molecule has 3 amide bonds. The molecule has 2 aromatic rings. The van der Waals surface area contributed by atoms with Crippen molar-refractivity contribution in [2.24, 2.45) is 11.7 Å². The van der Waals surface area contributed by atoms with Gasteiger partial charge < -0.3 is 20.4 Å². The lowest BCUT2D eigenvalue weighted by Gasteiger charge is -2.46. The van der Waals surface area contributed by atoms with Crippen LogP contribution < -0.4 is 11.1 Å². The van der Waals surface area contributed by atoms with E-state index < -0.39 is 14.2 Å². The molecule has 1 saturated heterocycles. The third-order valence-corrected chi connectivity index (χ3v) is 16.8. The Hall–Kier alpha value is -2.39. The summed E-state index contributed by atoms with van der Waals surface area (Å²) in [4.78, 5) is 38.9. The minimum absolute atomic E-state index is 0.138. The van der Waals surface area contributed by atoms with Crippen LogP contribution in [0, 0.1) is 5.92 Å². The van der Waals surface area contributed by atoms with Crippen molar-refractivity contribution in [2.45, 2.75) is 109 Å². The Morgan fingerprint density at radius 3 is 1.98 bits per heavy atom. The Labute approximate surface area is 279 Å². The Balaban J connectivity index is 1.36. The second kappa shape index (κ2) is 15.0. The number of likely N-dealkylation sites (tertiary alicyclic amines) is 1. The minimum atomic E-state index is -1.92. The lowest BCUT2D eigenvalue weighted by Crippen LogP contribution is -2.51. The zero-order valence-corrected chi connectivity index (χ0v) is 30.0. The molecule has 2 aromatic carbocycles. The van der Waals surface area contributed by atoms with Gasteiger partial charge in [-0.15, -0.1) is 0 Å². The summed E-state index contributed by atoms with van der Waals surface area (Å²) in [6.45, 7) is 14.6. The van der Waals surface area contributed by atoms with E-state index in [9.17, 15) is 14.4 Å². The van der Waals surface area contributed by atoms with Crippen LogP contribution in [0.5, 0.6) is 0 Å². The lowest BCUT2D eigenvalue weighted by atomic mass is 9.92. The number of benzene rings is 2. The third kappa shape index (κ3) is 7.95. The number of carbonyl (C=O) groups is 3. The van der Waals surface area contributed by atoms with E-state index in [0.29, 0.717) is 44.8 Å². The van der Waals surface area contributed by atoms with E-state index in [1.807, 2.05) is 12.1 Å². The maximum absolute atomic E-state index is 13.6. The predicted octanol–water partition coefficient (Wildman–Crippen LogP) is 7.77. The van der Waals surface area contributed by atoms with E-state index in [1.54, 1.807) is 24.3 Å². The lowest BCUT2D eigenvalue weighted by molar-refractivity contribution is -0.133. The van der Waals surface area contributed by atoms with Crippen molar-refractivity contribution in [2.75, 3.05) is 13.1 Å². The normalized spacial score (nSPS) is 20.8. The van der Waals surface area contributed by atoms with Gasteiger partial charge in [-0.05, 0) is 96.1 Å². The molecular formula is C35H49Cl2N3O4Si. The van der Waals surface area contributed by atoms with Crippen molar-refractivity contribution in [1.82, 2.24) is 10.2 Å². The van der Waals surface area contributed by atoms with Crippen molar-refractivity contribution < 1.29 is 18.8 Å². The van der Waals surface area contributed by atoms with Crippen LogP contribution in [0.2, 0.25) is 26.7 Å². The van der Waals surface area contributed by atoms with Gasteiger partial charge in [-0.2, -0.15) is 0 Å². The number of carbonyl (C=O) groups excluding carboxylic acids is 3. The monoisotopic (exact) mass is 673 g/mol. The van der Waals surface area contributed by atoms with Gasteiger partial charge in [0, 0.05) is 40.2 Å². The molecule has 10 heteroatoms. The number of nitrogens with one attached hydrogen (secondary N) is 1. The molecule has 0 aromatic heterocycles. The highest BCUT2D eigenvalue weighted by Gasteiger charge is 2.47. The van der Waals surface area contributed by atoms with Gasteiger partial charge in [-0.1, -0.05) is 76.9 Å². The zero-order chi connectivity index (χ0) is 33.1. The van der Waals surface area contributed by atoms with Gasteiger partial charge in [0.15, 0.2) is 0 Å². The van der Waals surface area contributed by atoms with E-state index in [1.165, 1.54) is 0 Å². The molecule has 3 N–H and O–H groups in total. The number of primary amides is 1. The molecular weight excluding hydrogens is 625 g/mol. The molecule has 0 radical (unpaired) electrons. The number of nitrogens with zero attached hydrogens (tertiary/aromatic N) is 1. The molecule has 1 heterocycles. The Morgan fingerprint density at radius 2 is 1.47 bits per heavy atom. The maximum Gasteiger partial charge on any atom is 0.251 e. The fourth-order valence-corrected chi connectivity index (χ4v) is 14.1. The zero-order valence-electron chi connectivity index (χ0n) is 27.5. The van der Waals surface area contributed by atoms with Crippen LogP contribution in [0.3, 0.4) is 0 Å². The number of amides is 3. The summed E-state index contributed by atoms with van der Waals surface area (Å²) >= 11 is 13.5. The van der Waals surface area contributed by atoms with Gasteiger partial charge in [0.25, 0.3) is 5.91 Å². The average Bonchev–Trinajstić information content (AvgIpc) is 3.35. The van der Waals surface area contributed by atoms with Crippen molar-refractivity contribution in [3.8, 4) is 11.1 Å². The van der Waals surface area contributed by atoms with Gasteiger partial charge >= 0.3 is 0 Å². The number of hydrogen-bond donors (Lipinski definition) is 2. The minimum Gasteiger partial charge on any atom is -0.413 e. The van der Waals surface area contributed by atoms with Crippen LogP contribution >= 0.6 is 23.2 Å². The van der Waals surface area contributed by atoms with Gasteiger partial charge in [0.1, 0.15) is 0 Å². The second-order valence-electron chi connectivity index (χ2n) is 13.7. The molecule has 1 atom stereocenters. The molecule has 0 bridgehead atoms. The number of rotatable bonds is 12. The first-order valence-corrected chi connectivity index (χ1v) is 19.3. The molecule has 2 aliphatic rings. The molecule has 1 saturated carbocycles. The first-order chi connectivity index (χ1) is 21.2. The Kier molecular flexibility index (Phi) is 11.8. The SMILES string of the molecule is CC(C)[Si](O[C@H]1CC[C@H](N2CC[C@@H](Cc3c(Cl)cc(-c4ccc(C(=O)NCC(N)=O)cc4)cc3Cl)C2=O)CC1)(C(C)C)C(C)C. The fourth-order valence-electron chi connectivity index (χ4n) is 7.78. The number of nitrogens with two attached hydrogens (primary N) is 1. The summed E-state index contributed by atoms with van der Waals surface area (Å²) in [5.74, 6) is -0.917. The van der Waals surface area contributed by atoms with Gasteiger partial charge in [0.2, 0.25) is 20.1 Å². The molecule has 7 nitrogen and oxygen atoms in total. The van der Waals surface area contributed by atoms with E-state index >= 15 is 0 Å². The third-order valence-electron chi connectivity index (χ3n) is 10.0. The second-order valence-corrected chi connectivity index (χ2v) is 20.0. The summed E-state index contributed by atoms with van der Waals surface area (Å²) in [5, 5.41) is 3.53. The van der Waals surface area contributed by atoms with Crippen LogP contribution in [-0.4, -0.2) is 56.2 Å². The average molecular weight is 675 g/mol. The smallest absolute Gasteiger partial charge is 0.251 e. The Morgan fingerprint density at radius 1 is 0.911 bits per heavy atom. The topological polar surface area (TPSA) is 102 Å². The largest absolute Gasteiger partial charge is 0.413 e. The van der Waals surface area contributed by atoms with Crippen LogP contribution in [0.1, 0.15) is 89.6 Å². The summed E-state index contributed by atoms with van der Waals surface area (Å²) in [7, 11) is -1.92. The molecule has 45 heavy (non-hydrogen) atoms. The predicted molar refractivity (Wildman–Crippen MR) is 185 cm³/mol. The van der Waals surface area contributed by atoms with E-state index in [4.69, 9.17) is 33.4 Å². The van der Waals surface area contributed by atoms with E-state index in [2.05, 4.69) is 51.8 Å². The van der Waals surface area contributed by atoms with Crippen molar-refractivity contribution in [3.05, 3.63) is 57.6 Å². The number of halogens is 2. The van der Waals surface area contributed by atoms with Crippen molar-refractivity contribution >= 4 is 49.2 Å². The van der Waals surface area contributed by atoms with E-state index in [-0.39, 0.29) is 30.3 Å². The van der Waals surface area contributed by atoms with Crippen LogP contribution in [0.25, 0.3) is 11.1 Å².